The van der Waals surface area contributed by atoms with Crippen LogP contribution in [0.5, 0.6) is 5.75 Å². The Morgan fingerprint density at radius 1 is 0.886 bits per heavy atom. The van der Waals surface area contributed by atoms with Gasteiger partial charge in [0, 0.05) is 62.6 Å². The van der Waals surface area contributed by atoms with E-state index in [1.807, 2.05) is 6.07 Å². The molecular weight excluding hydrogens is 576 g/mol. The maximum Gasteiger partial charge on any atom is 0.232 e. The highest BCUT2D eigenvalue weighted by atomic mass is 32.2. The number of aromatic nitrogens is 3. The molecule has 2 aromatic carbocycles. The number of nitrogens with zero attached hydrogens (tertiary/aromatic N) is 6. The molecule has 238 valence electrons. The maximum absolute atomic E-state index is 12.9. The standard InChI is InChI=1S/C32H46N8O3S/c1-23(2)44(41,42)29-10-8-7-9-27(29)36-31-34-22-33-30(37-31)35-26-12-11-25(21-28(26)43-6)38-15-13-24(14-16-38)39-17-19-40(20-18-39)32(3,4)5/h7-12,21-24H,13-20H2,1-6H3,(H2,33,34,35,36,37). The Hall–Kier alpha value is -3.48. The van der Waals surface area contributed by atoms with Gasteiger partial charge >= 0.3 is 0 Å². The van der Waals surface area contributed by atoms with E-state index >= 15 is 0 Å². The minimum absolute atomic E-state index is 0.203. The topological polar surface area (TPSA) is 116 Å². The monoisotopic (exact) mass is 622 g/mol. The third-order valence-electron chi connectivity index (χ3n) is 8.67. The molecule has 0 bridgehead atoms. The number of nitrogens with one attached hydrogen (secondary N) is 2. The van der Waals surface area contributed by atoms with Crippen molar-refractivity contribution in [1.82, 2.24) is 24.8 Å². The van der Waals surface area contributed by atoms with Crippen LogP contribution in [-0.4, -0.2) is 96.4 Å². The summed E-state index contributed by atoms with van der Waals surface area (Å²) in [5.74, 6) is 1.23. The number of hydrogen-bond acceptors (Lipinski definition) is 11. The lowest BCUT2D eigenvalue weighted by Crippen LogP contribution is -2.57. The summed E-state index contributed by atoms with van der Waals surface area (Å²) in [5, 5.41) is 5.73. The molecular formula is C32H46N8O3S. The van der Waals surface area contributed by atoms with Crippen molar-refractivity contribution in [3.63, 3.8) is 0 Å². The predicted molar refractivity (Wildman–Crippen MR) is 176 cm³/mol. The van der Waals surface area contributed by atoms with Crippen LogP contribution in [0.4, 0.5) is 29.0 Å². The van der Waals surface area contributed by atoms with E-state index in [4.69, 9.17) is 4.74 Å². The van der Waals surface area contributed by atoms with E-state index in [2.05, 4.69) is 73.2 Å². The van der Waals surface area contributed by atoms with Gasteiger partial charge in [0.1, 0.15) is 12.1 Å². The number of ether oxygens (including phenoxy) is 1. The Kier molecular flexibility index (Phi) is 9.62. The highest BCUT2D eigenvalue weighted by molar-refractivity contribution is 7.92. The first-order valence-corrected chi connectivity index (χ1v) is 17.0. The average Bonchev–Trinajstić information content (AvgIpc) is 3.01. The van der Waals surface area contributed by atoms with E-state index in [1.54, 1.807) is 45.2 Å². The number of hydrogen-bond donors (Lipinski definition) is 2. The van der Waals surface area contributed by atoms with Crippen molar-refractivity contribution < 1.29 is 13.2 Å². The van der Waals surface area contributed by atoms with Crippen LogP contribution in [0.15, 0.2) is 53.7 Å². The number of anilines is 5. The number of para-hydroxylation sites is 1. The molecule has 0 amide bonds. The molecule has 44 heavy (non-hydrogen) atoms. The smallest absolute Gasteiger partial charge is 0.232 e. The Balaban J connectivity index is 1.22. The lowest BCUT2D eigenvalue weighted by atomic mass is 10.00. The molecule has 11 nitrogen and oxygen atoms in total. The number of piperidine rings is 1. The first-order chi connectivity index (χ1) is 21.0. The van der Waals surface area contributed by atoms with E-state index in [0.717, 1.165) is 63.5 Å². The van der Waals surface area contributed by atoms with Gasteiger partial charge in [0.05, 0.1) is 28.6 Å². The van der Waals surface area contributed by atoms with Gasteiger partial charge in [0.25, 0.3) is 0 Å². The molecule has 2 aliphatic heterocycles. The van der Waals surface area contributed by atoms with Crippen LogP contribution in [0.2, 0.25) is 0 Å². The molecule has 12 heteroatoms. The minimum Gasteiger partial charge on any atom is -0.494 e. The summed E-state index contributed by atoms with van der Waals surface area (Å²) in [6, 6.07) is 13.5. The number of piperazine rings is 1. The zero-order valence-electron chi connectivity index (χ0n) is 26.7. The molecule has 0 aliphatic carbocycles. The molecule has 2 saturated heterocycles. The Labute approximate surface area is 262 Å². The second-order valence-corrected chi connectivity index (χ2v) is 15.2. The summed E-state index contributed by atoms with van der Waals surface area (Å²) >= 11 is 0. The average molecular weight is 623 g/mol. The highest BCUT2D eigenvalue weighted by Gasteiger charge is 2.31. The van der Waals surface area contributed by atoms with E-state index < -0.39 is 15.1 Å². The van der Waals surface area contributed by atoms with E-state index in [9.17, 15) is 8.42 Å². The molecule has 0 unspecified atom stereocenters. The number of rotatable bonds is 9. The van der Waals surface area contributed by atoms with Crippen LogP contribution in [0.25, 0.3) is 0 Å². The van der Waals surface area contributed by atoms with Gasteiger partial charge in [-0.15, -0.1) is 0 Å². The van der Waals surface area contributed by atoms with Gasteiger partial charge in [-0.25, -0.2) is 18.4 Å². The maximum atomic E-state index is 12.9. The zero-order chi connectivity index (χ0) is 31.5. The molecule has 2 N–H and O–H groups in total. The summed E-state index contributed by atoms with van der Waals surface area (Å²) in [6.07, 6.45) is 3.69. The third-order valence-corrected chi connectivity index (χ3v) is 10.9. The van der Waals surface area contributed by atoms with Crippen molar-refractivity contribution in [3.05, 3.63) is 48.8 Å². The summed E-state index contributed by atoms with van der Waals surface area (Å²) < 4.78 is 31.5. The second-order valence-electron chi connectivity index (χ2n) is 12.8. The fourth-order valence-electron chi connectivity index (χ4n) is 5.96. The molecule has 5 rings (SSSR count). The molecule has 2 aliphatic rings. The molecule has 0 atom stereocenters. The number of sulfone groups is 1. The fourth-order valence-corrected chi connectivity index (χ4v) is 7.16. The summed E-state index contributed by atoms with van der Waals surface area (Å²) in [6.45, 7) is 16.8. The van der Waals surface area contributed by atoms with Crippen molar-refractivity contribution >= 4 is 38.8 Å². The van der Waals surface area contributed by atoms with Gasteiger partial charge in [-0.3, -0.25) is 9.80 Å². The molecule has 2 fully saturated rings. The van der Waals surface area contributed by atoms with Crippen molar-refractivity contribution in [1.29, 1.82) is 0 Å². The first-order valence-electron chi connectivity index (χ1n) is 15.4. The largest absolute Gasteiger partial charge is 0.494 e. The summed E-state index contributed by atoms with van der Waals surface area (Å²) in [7, 11) is -1.85. The van der Waals surface area contributed by atoms with Crippen molar-refractivity contribution in [2.45, 2.75) is 69.2 Å². The molecule has 0 spiro atoms. The molecule has 0 radical (unpaired) electrons. The normalized spacial score (nSPS) is 17.6. The quantitative estimate of drug-likeness (QED) is 0.338. The van der Waals surface area contributed by atoms with Crippen molar-refractivity contribution in [2.24, 2.45) is 0 Å². The first kappa shape index (κ1) is 31.9. The number of methoxy groups -OCH3 is 1. The van der Waals surface area contributed by atoms with Gasteiger partial charge in [-0.1, -0.05) is 12.1 Å². The Bertz CT molecular complexity index is 1530. The highest BCUT2D eigenvalue weighted by Crippen LogP contribution is 2.34. The van der Waals surface area contributed by atoms with Crippen LogP contribution >= 0.6 is 0 Å². The van der Waals surface area contributed by atoms with Crippen molar-refractivity contribution in [3.8, 4) is 5.75 Å². The molecule has 0 saturated carbocycles. The van der Waals surface area contributed by atoms with E-state index in [-0.39, 0.29) is 16.4 Å². The Morgan fingerprint density at radius 2 is 1.52 bits per heavy atom. The second kappa shape index (κ2) is 13.3. The molecule has 1 aromatic heterocycles. The Morgan fingerprint density at radius 3 is 2.14 bits per heavy atom. The third kappa shape index (κ3) is 7.24. The van der Waals surface area contributed by atoms with Gasteiger partial charge in [-0.2, -0.15) is 4.98 Å². The van der Waals surface area contributed by atoms with E-state index in [1.165, 1.54) is 6.33 Å². The van der Waals surface area contributed by atoms with Crippen LogP contribution in [-0.2, 0) is 9.84 Å². The van der Waals surface area contributed by atoms with Crippen LogP contribution in [0.3, 0.4) is 0 Å². The minimum atomic E-state index is -3.50. The summed E-state index contributed by atoms with van der Waals surface area (Å²) in [4.78, 5) is 20.9. The number of benzene rings is 2. The van der Waals surface area contributed by atoms with Crippen LogP contribution < -0.4 is 20.3 Å². The fraction of sp³-hybridized carbons (Fsp3) is 0.531. The lowest BCUT2D eigenvalue weighted by molar-refractivity contribution is 0.0364. The zero-order valence-corrected chi connectivity index (χ0v) is 27.6. The summed E-state index contributed by atoms with van der Waals surface area (Å²) in [5.41, 5.74) is 2.51. The lowest BCUT2D eigenvalue weighted by Gasteiger charge is -2.46. The molecule has 3 aromatic rings. The predicted octanol–water partition coefficient (Wildman–Crippen LogP) is 4.93. The van der Waals surface area contributed by atoms with Gasteiger partial charge in [0.2, 0.25) is 11.9 Å². The van der Waals surface area contributed by atoms with Crippen LogP contribution in [0.1, 0.15) is 47.5 Å². The van der Waals surface area contributed by atoms with Gasteiger partial charge in [0.15, 0.2) is 9.84 Å². The van der Waals surface area contributed by atoms with Gasteiger partial charge < -0.3 is 20.3 Å². The van der Waals surface area contributed by atoms with Crippen LogP contribution in [0, 0.1) is 0 Å². The van der Waals surface area contributed by atoms with E-state index in [0.29, 0.717) is 23.4 Å². The van der Waals surface area contributed by atoms with Crippen molar-refractivity contribution in [2.75, 3.05) is 61.9 Å². The molecule has 3 heterocycles. The SMILES string of the molecule is COc1cc(N2CCC(N3CCN(C(C)(C)C)CC3)CC2)ccc1Nc1ncnc(Nc2ccccc2S(=O)(=O)C(C)C)n1. The van der Waals surface area contributed by atoms with Gasteiger partial charge in [-0.05, 0) is 71.7 Å².